The van der Waals surface area contributed by atoms with Gasteiger partial charge in [0.05, 0.1) is 11.5 Å². The predicted molar refractivity (Wildman–Crippen MR) is 81.5 cm³/mol. The molecule has 1 fully saturated rings. The summed E-state index contributed by atoms with van der Waals surface area (Å²) in [4.78, 5) is 0.323. The molecule has 120 valence electrons. The van der Waals surface area contributed by atoms with E-state index in [9.17, 15) is 8.42 Å². The van der Waals surface area contributed by atoms with Crippen LogP contribution in [0.3, 0.4) is 0 Å². The van der Waals surface area contributed by atoms with Crippen LogP contribution in [0.2, 0.25) is 0 Å². The van der Waals surface area contributed by atoms with Crippen LogP contribution in [0, 0.1) is 5.92 Å². The molecule has 2 N–H and O–H groups in total. The van der Waals surface area contributed by atoms with Crippen LogP contribution in [-0.2, 0) is 28.4 Å². The highest BCUT2D eigenvalue weighted by atomic mass is 32.2. The van der Waals surface area contributed by atoms with Gasteiger partial charge in [0.25, 0.3) is 0 Å². The van der Waals surface area contributed by atoms with Crippen LogP contribution < -0.4 is 10.0 Å². The molecule has 0 saturated carbocycles. The third-order valence-electron chi connectivity index (χ3n) is 3.96. The van der Waals surface area contributed by atoms with E-state index in [0.29, 0.717) is 18.0 Å². The summed E-state index contributed by atoms with van der Waals surface area (Å²) in [6.07, 6.45) is 2.57. The van der Waals surface area contributed by atoms with Crippen molar-refractivity contribution in [3.8, 4) is 0 Å². The second-order valence-electron chi connectivity index (χ2n) is 5.59. The Kier molecular flexibility index (Phi) is 5.43. The molecule has 1 aliphatic heterocycles. The lowest BCUT2D eigenvalue weighted by Gasteiger charge is -2.18. The van der Waals surface area contributed by atoms with Crippen molar-refractivity contribution in [3.05, 3.63) is 18.0 Å². The fourth-order valence-corrected chi connectivity index (χ4v) is 3.91. The lowest BCUT2D eigenvalue weighted by molar-refractivity contribution is 0.180. The maximum Gasteiger partial charge on any atom is 0.242 e. The zero-order valence-corrected chi connectivity index (χ0v) is 13.7. The van der Waals surface area contributed by atoms with Crippen LogP contribution in [0.4, 0.5) is 0 Å². The zero-order valence-electron chi connectivity index (χ0n) is 12.9. The molecule has 1 aromatic rings. The SMILES string of the molecule is CCNCc1cc(S(=O)(=O)NC(C)C2CCOC2)cn1C. The van der Waals surface area contributed by atoms with Gasteiger partial charge in [0.1, 0.15) is 0 Å². The number of rotatable bonds is 7. The lowest BCUT2D eigenvalue weighted by Crippen LogP contribution is -2.38. The number of aromatic nitrogens is 1. The topological polar surface area (TPSA) is 72.4 Å². The molecule has 7 heteroatoms. The van der Waals surface area contributed by atoms with Gasteiger partial charge in [-0.05, 0) is 26.0 Å². The highest BCUT2D eigenvalue weighted by molar-refractivity contribution is 7.89. The smallest absolute Gasteiger partial charge is 0.242 e. The van der Waals surface area contributed by atoms with Crippen molar-refractivity contribution in [2.75, 3.05) is 19.8 Å². The molecule has 0 aromatic carbocycles. The lowest BCUT2D eigenvalue weighted by atomic mass is 10.0. The molecule has 1 aliphatic rings. The molecule has 2 heterocycles. The second kappa shape index (κ2) is 6.91. The van der Waals surface area contributed by atoms with E-state index in [0.717, 1.165) is 25.3 Å². The Labute approximate surface area is 126 Å². The van der Waals surface area contributed by atoms with E-state index in [1.165, 1.54) is 0 Å². The van der Waals surface area contributed by atoms with Crippen molar-refractivity contribution >= 4 is 10.0 Å². The average Bonchev–Trinajstić information content (AvgIpc) is 3.05. The second-order valence-corrected chi connectivity index (χ2v) is 7.31. The van der Waals surface area contributed by atoms with E-state index in [2.05, 4.69) is 10.0 Å². The molecule has 21 heavy (non-hydrogen) atoms. The number of ether oxygens (including phenoxy) is 1. The van der Waals surface area contributed by atoms with Gasteiger partial charge in [-0.2, -0.15) is 0 Å². The summed E-state index contributed by atoms with van der Waals surface area (Å²) >= 11 is 0. The summed E-state index contributed by atoms with van der Waals surface area (Å²) in [5.41, 5.74) is 0.953. The first-order valence-corrected chi connectivity index (χ1v) is 8.88. The molecular formula is C14H25N3O3S. The van der Waals surface area contributed by atoms with Gasteiger partial charge in [0, 0.05) is 44.0 Å². The van der Waals surface area contributed by atoms with E-state index >= 15 is 0 Å². The normalized spacial score (nSPS) is 20.8. The van der Waals surface area contributed by atoms with Crippen molar-refractivity contribution in [3.63, 3.8) is 0 Å². The summed E-state index contributed by atoms with van der Waals surface area (Å²) in [6, 6.07) is 1.61. The quantitative estimate of drug-likeness (QED) is 0.782. The van der Waals surface area contributed by atoms with E-state index in [-0.39, 0.29) is 12.0 Å². The van der Waals surface area contributed by atoms with Crippen LogP contribution in [0.15, 0.2) is 17.2 Å². The van der Waals surface area contributed by atoms with Crippen molar-refractivity contribution in [2.24, 2.45) is 13.0 Å². The van der Waals surface area contributed by atoms with Crippen LogP contribution >= 0.6 is 0 Å². The van der Waals surface area contributed by atoms with E-state index in [1.54, 1.807) is 12.3 Å². The molecule has 6 nitrogen and oxygen atoms in total. The minimum absolute atomic E-state index is 0.116. The highest BCUT2D eigenvalue weighted by Crippen LogP contribution is 2.19. The number of sulfonamides is 1. The number of aryl methyl sites for hydroxylation is 1. The van der Waals surface area contributed by atoms with Crippen molar-refractivity contribution in [2.45, 2.75) is 37.8 Å². The minimum atomic E-state index is -3.48. The third-order valence-corrected chi connectivity index (χ3v) is 5.49. The van der Waals surface area contributed by atoms with Gasteiger partial charge in [-0.1, -0.05) is 6.92 Å². The van der Waals surface area contributed by atoms with Gasteiger partial charge < -0.3 is 14.6 Å². The molecule has 0 spiro atoms. The Morgan fingerprint density at radius 3 is 2.90 bits per heavy atom. The van der Waals surface area contributed by atoms with Crippen molar-refractivity contribution in [1.82, 2.24) is 14.6 Å². The van der Waals surface area contributed by atoms with Gasteiger partial charge in [-0.15, -0.1) is 0 Å². The Morgan fingerprint density at radius 1 is 1.52 bits per heavy atom. The average molecular weight is 315 g/mol. The highest BCUT2D eigenvalue weighted by Gasteiger charge is 2.27. The molecule has 1 saturated heterocycles. The minimum Gasteiger partial charge on any atom is -0.381 e. The summed E-state index contributed by atoms with van der Waals surface area (Å²) in [5, 5.41) is 3.20. The van der Waals surface area contributed by atoms with Gasteiger partial charge in [-0.3, -0.25) is 0 Å². The first-order chi connectivity index (χ1) is 9.94. The first kappa shape index (κ1) is 16.5. The van der Waals surface area contributed by atoms with E-state index in [4.69, 9.17) is 4.74 Å². The van der Waals surface area contributed by atoms with E-state index < -0.39 is 10.0 Å². The fraction of sp³-hybridized carbons (Fsp3) is 0.714. The largest absolute Gasteiger partial charge is 0.381 e. The van der Waals surface area contributed by atoms with Gasteiger partial charge in [0.2, 0.25) is 10.0 Å². The van der Waals surface area contributed by atoms with Crippen LogP contribution in [0.1, 0.15) is 26.0 Å². The maximum absolute atomic E-state index is 12.5. The Hall–Kier alpha value is -0.890. The van der Waals surface area contributed by atoms with Crippen LogP contribution in [-0.4, -0.2) is 38.8 Å². The summed E-state index contributed by atoms with van der Waals surface area (Å²) in [7, 11) is -1.62. The Bertz CT molecular complexity index is 562. The number of hydrogen-bond acceptors (Lipinski definition) is 4. The van der Waals surface area contributed by atoms with Gasteiger partial charge in [-0.25, -0.2) is 13.1 Å². The van der Waals surface area contributed by atoms with Crippen LogP contribution in [0.25, 0.3) is 0 Å². The maximum atomic E-state index is 12.5. The number of nitrogens with zero attached hydrogens (tertiary/aromatic N) is 1. The molecule has 0 radical (unpaired) electrons. The summed E-state index contributed by atoms with van der Waals surface area (Å²) < 4.78 is 34.8. The van der Waals surface area contributed by atoms with Crippen LogP contribution in [0.5, 0.6) is 0 Å². The third kappa shape index (κ3) is 4.06. The zero-order chi connectivity index (χ0) is 15.5. The molecule has 0 bridgehead atoms. The number of hydrogen-bond donors (Lipinski definition) is 2. The van der Waals surface area contributed by atoms with Gasteiger partial charge in [0.15, 0.2) is 0 Å². The predicted octanol–water partition coefficient (Wildman–Crippen LogP) is 0.838. The molecule has 0 amide bonds. The van der Waals surface area contributed by atoms with Gasteiger partial charge >= 0.3 is 0 Å². The summed E-state index contributed by atoms with van der Waals surface area (Å²) in [5.74, 6) is 0.254. The van der Waals surface area contributed by atoms with Crippen molar-refractivity contribution < 1.29 is 13.2 Å². The standard InChI is InChI=1S/C14H25N3O3S/c1-4-15-8-13-7-14(9-17(13)3)21(18,19)16-11(2)12-5-6-20-10-12/h7,9,11-12,15-16H,4-6,8,10H2,1-3H3. The van der Waals surface area contributed by atoms with Crippen molar-refractivity contribution in [1.29, 1.82) is 0 Å². The molecular weight excluding hydrogens is 290 g/mol. The molecule has 2 unspecified atom stereocenters. The molecule has 0 aliphatic carbocycles. The Morgan fingerprint density at radius 2 is 2.29 bits per heavy atom. The fourth-order valence-electron chi connectivity index (χ4n) is 2.51. The molecule has 2 rings (SSSR count). The molecule has 2 atom stereocenters. The van der Waals surface area contributed by atoms with E-state index in [1.807, 2.05) is 25.5 Å². The number of nitrogens with one attached hydrogen (secondary N) is 2. The Balaban J connectivity index is 2.08. The first-order valence-electron chi connectivity index (χ1n) is 7.40. The summed E-state index contributed by atoms with van der Waals surface area (Å²) in [6.45, 7) is 6.78. The monoisotopic (exact) mass is 315 g/mol. The molecule has 1 aromatic heterocycles.